The molecule has 0 aromatic carbocycles. The molecular formula is C15H19N3O8. The van der Waals surface area contributed by atoms with E-state index in [0.717, 1.165) is 56.1 Å². The van der Waals surface area contributed by atoms with Crippen LogP contribution in [0.2, 0.25) is 0 Å². The maximum atomic E-state index is 11.7. The Balaban J connectivity index is 4.83. The molecule has 0 heterocycles. The summed E-state index contributed by atoms with van der Waals surface area (Å²) in [4.78, 5) is 46.0. The quantitative estimate of drug-likeness (QED) is 0.160. The average Bonchev–Trinajstić information content (AvgIpc) is 2.65. The van der Waals surface area contributed by atoms with Crippen molar-refractivity contribution in [2.24, 2.45) is 0 Å². The number of ether oxygens (including phenoxy) is 4. The third-order valence-corrected chi connectivity index (χ3v) is 2.55. The first-order chi connectivity index (χ1) is 12.4. The van der Waals surface area contributed by atoms with Gasteiger partial charge in [-0.2, -0.15) is 0 Å². The fourth-order valence-electron chi connectivity index (χ4n) is 1.34. The van der Waals surface area contributed by atoms with Crippen molar-refractivity contribution in [1.29, 1.82) is 10.8 Å². The zero-order valence-corrected chi connectivity index (χ0v) is 14.2. The first kappa shape index (κ1) is 22.5. The van der Waals surface area contributed by atoms with E-state index in [2.05, 4.69) is 9.47 Å². The van der Waals surface area contributed by atoms with Gasteiger partial charge in [-0.1, -0.05) is 0 Å². The number of esters is 4. The Kier molecular flexibility index (Phi) is 11.1. The summed E-state index contributed by atoms with van der Waals surface area (Å²) < 4.78 is 18.5. The summed E-state index contributed by atoms with van der Waals surface area (Å²) in [7, 11) is 2.27. The number of nitrogens with zero attached hydrogens (tertiary/aromatic N) is 1. The van der Waals surface area contributed by atoms with Crippen LogP contribution >= 0.6 is 0 Å². The van der Waals surface area contributed by atoms with Crippen LogP contribution < -0.4 is 0 Å². The lowest BCUT2D eigenvalue weighted by atomic mass is 10.3. The smallest absolute Gasteiger partial charge is 0.331 e. The molecule has 0 aliphatic heterocycles. The second-order valence-electron chi connectivity index (χ2n) is 4.36. The second-order valence-corrected chi connectivity index (χ2v) is 4.36. The van der Waals surface area contributed by atoms with Gasteiger partial charge in [0.1, 0.15) is 6.61 Å². The van der Waals surface area contributed by atoms with E-state index in [4.69, 9.17) is 20.3 Å². The molecule has 0 saturated carbocycles. The van der Waals surface area contributed by atoms with Crippen molar-refractivity contribution in [3.63, 3.8) is 0 Å². The van der Waals surface area contributed by atoms with E-state index < -0.39 is 36.6 Å². The van der Waals surface area contributed by atoms with Crippen molar-refractivity contribution in [3.8, 4) is 0 Å². The van der Waals surface area contributed by atoms with Gasteiger partial charge in [-0.25, -0.2) is 19.2 Å². The molecule has 142 valence electrons. The minimum Gasteiger partial charge on any atom is -0.466 e. The zero-order chi connectivity index (χ0) is 19.9. The van der Waals surface area contributed by atoms with Crippen molar-refractivity contribution < 1.29 is 38.1 Å². The third-order valence-electron chi connectivity index (χ3n) is 2.55. The Morgan fingerprint density at radius 3 is 1.77 bits per heavy atom. The fourth-order valence-corrected chi connectivity index (χ4v) is 1.34. The van der Waals surface area contributed by atoms with Crippen LogP contribution in [0.3, 0.4) is 0 Å². The molecule has 11 nitrogen and oxygen atoms in total. The molecule has 0 fully saturated rings. The normalized spacial score (nSPS) is 11.5. The highest BCUT2D eigenvalue weighted by atomic mass is 16.6. The SMILES string of the molecule is COC(=O)/C=C/C(=O)OCC(CN(C=N)C=N)OC(=O)/C=C/C(=O)OC. The topological polar surface area (TPSA) is 156 Å². The van der Waals surface area contributed by atoms with Gasteiger partial charge in [-0.15, -0.1) is 0 Å². The molecule has 0 radical (unpaired) electrons. The molecule has 11 heteroatoms. The van der Waals surface area contributed by atoms with Crippen molar-refractivity contribution in [3.05, 3.63) is 24.3 Å². The van der Waals surface area contributed by atoms with E-state index in [1.54, 1.807) is 0 Å². The zero-order valence-electron chi connectivity index (χ0n) is 14.2. The van der Waals surface area contributed by atoms with Crippen LogP contribution in [0.25, 0.3) is 0 Å². The Hall–Kier alpha value is -3.50. The largest absolute Gasteiger partial charge is 0.466 e. The minimum absolute atomic E-state index is 0.154. The summed E-state index contributed by atoms with van der Waals surface area (Å²) in [6, 6.07) is 0. The van der Waals surface area contributed by atoms with E-state index in [-0.39, 0.29) is 6.54 Å². The lowest BCUT2D eigenvalue weighted by Gasteiger charge is -2.21. The molecule has 0 saturated heterocycles. The molecule has 0 aromatic heterocycles. The molecule has 0 bridgehead atoms. The number of hydrogen-bond donors (Lipinski definition) is 2. The van der Waals surface area contributed by atoms with Gasteiger partial charge in [0.05, 0.1) is 33.4 Å². The van der Waals surface area contributed by atoms with Gasteiger partial charge in [0.2, 0.25) is 0 Å². The van der Waals surface area contributed by atoms with E-state index in [0.29, 0.717) is 0 Å². The summed E-state index contributed by atoms with van der Waals surface area (Å²) in [5.41, 5.74) is 0. The summed E-state index contributed by atoms with van der Waals surface area (Å²) >= 11 is 0. The molecule has 2 N–H and O–H groups in total. The van der Waals surface area contributed by atoms with Gasteiger partial charge in [-0.3, -0.25) is 10.8 Å². The fraction of sp³-hybridized carbons (Fsp3) is 0.333. The molecule has 0 aliphatic rings. The highest BCUT2D eigenvalue weighted by Gasteiger charge is 2.18. The number of nitrogens with one attached hydrogen (secondary N) is 2. The summed E-state index contributed by atoms with van der Waals surface area (Å²) in [6.45, 7) is -0.570. The van der Waals surface area contributed by atoms with Crippen LogP contribution in [0, 0.1) is 10.8 Å². The van der Waals surface area contributed by atoms with Crippen LogP contribution in [-0.2, 0) is 38.1 Å². The monoisotopic (exact) mass is 369 g/mol. The lowest BCUT2D eigenvalue weighted by molar-refractivity contribution is -0.153. The van der Waals surface area contributed by atoms with E-state index >= 15 is 0 Å². The molecule has 0 spiro atoms. The van der Waals surface area contributed by atoms with Gasteiger partial charge in [0.15, 0.2) is 6.10 Å². The number of hydrogen-bond acceptors (Lipinski definition) is 10. The molecule has 0 aromatic rings. The first-order valence-corrected chi connectivity index (χ1v) is 7.02. The highest BCUT2D eigenvalue weighted by Crippen LogP contribution is 2.00. The second kappa shape index (κ2) is 12.9. The summed E-state index contributed by atoms with van der Waals surface area (Å²) in [5, 5.41) is 14.2. The van der Waals surface area contributed by atoms with Crippen molar-refractivity contribution in [2.45, 2.75) is 6.10 Å². The van der Waals surface area contributed by atoms with Crippen LogP contribution in [0.5, 0.6) is 0 Å². The summed E-state index contributed by atoms with van der Waals surface area (Å²) in [6.07, 6.45) is 3.89. The van der Waals surface area contributed by atoms with Crippen LogP contribution in [0.15, 0.2) is 24.3 Å². The molecule has 0 aliphatic carbocycles. The predicted octanol–water partition coefficient (Wildman–Crippen LogP) is -0.584. The highest BCUT2D eigenvalue weighted by molar-refractivity contribution is 5.92. The van der Waals surface area contributed by atoms with Crippen LogP contribution in [-0.4, -0.2) is 74.9 Å². The maximum Gasteiger partial charge on any atom is 0.331 e. The molecule has 1 unspecified atom stereocenters. The standard InChI is InChI=1S/C15H19N3O8/c1-23-12(19)3-5-14(21)25-8-11(7-18(9-16)10-17)26-15(22)6-4-13(20)24-2/h3-6,9-11,16-17H,7-8H2,1-2H3/b5-3+,6-4+,16-9?,17-10?. The Morgan fingerprint density at radius 2 is 1.31 bits per heavy atom. The van der Waals surface area contributed by atoms with Crippen molar-refractivity contribution >= 4 is 36.6 Å². The Bertz CT molecular complexity index is 592. The van der Waals surface area contributed by atoms with Crippen molar-refractivity contribution in [1.82, 2.24) is 4.90 Å². The van der Waals surface area contributed by atoms with Crippen LogP contribution in [0.1, 0.15) is 0 Å². The molecule has 0 rings (SSSR count). The number of carbonyl (C=O) groups is 4. The number of methoxy groups -OCH3 is 2. The minimum atomic E-state index is -1.05. The molecule has 1 atom stereocenters. The first-order valence-electron chi connectivity index (χ1n) is 7.02. The van der Waals surface area contributed by atoms with Gasteiger partial charge in [-0.05, 0) is 0 Å². The average molecular weight is 369 g/mol. The Morgan fingerprint density at radius 1 is 0.846 bits per heavy atom. The van der Waals surface area contributed by atoms with E-state index in [1.165, 1.54) is 0 Å². The van der Waals surface area contributed by atoms with Gasteiger partial charge >= 0.3 is 23.9 Å². The lowest BCUT2D eigenvalue weighted by Crippen LogP contribution is -2.36. The predicted molar refractivity (Wildman–Crippen MR) is 87.4 cm³/mol. The van der Waals surface area contributed by atoms with Gasteiger partial charge < -0.3 is 23.8 Å². The van der Waals surface area contributed by atoms with Crippen LogP contribution in [0.4, 0.5) is 0 Å². The van der Waals surface area contributed by atoms with Crippen molar-refractivity contribution in [2.75, 3.05) is 27.4 Å². The van der Waals surface area contributed by atoms with Gasteiger partial charge in [0, 0.05) is 24.3 Å². The van der Waals surface area contributed by atoms with Gasteiger partial charge in [0.25, 0.3) is 0 Å². The Labute approximate surface area is 149 Å². The number of carbonyl (C=O) groups excluding carboxylic acids is 4. The third kappa shape index (κ3) is 10.3. The van der Waals surface area contributed by atoms with E-state index in [9.17, 15) is 19.2 Å². The molecule has 26 heavy (non-hydrogen) atoms. The number of rotatable bonds is 11. The maximum absolute atomic E-state index is 11.7. The molecular weight excluding hydrogens is 350 g/mol. The molecule has 0 amide bonds. The van der Waals surface area contributed by atoms with E-state index in [1.807, 2.05) is 0 Å². The summed E-state index contributed by atoms with van der Waals surface area (Å²) in [5.74, 6) is -3.33.